The zero-order chi connectivity index (χ0) is 13.4. The second kappa shape index (κ2) is 4.64. The molecule has 2 aromatic rings. The second-order valence-corrected chi connectivity index (χ2v) is 5.04. The number of imidazole rings is 1. The van der Waals surface area contributed by atoms with E-state index in [0.29, 0.717) is 5.82 Å². The molecule has 19 heavy (non-hydrogen) atoms. The van der Waals surface area contributed by atoms with Gasteiger partial charge in [-0.25, -0.2) is 15.0 Å². The maximum absolute atomic E-state index is 5.99. The lowest BCUT2D eigenvalue weighted by molar-refractivity contribution is 0.652. The summed E-state index contributed by atoms with van der Waals surface area (Å²) in [6, 6.07) is 0. The first-order valence-corrected chi connectivity index (χ1v) is 6.89. The second-order valence-electron chi connectivity index (χ2n) is 5.04. The SMILES string of the molecule is CCc1nc(N)c(C)c(-n2cnc3c2CCCC3)n1. The fourth-order valence-electron chi connectivity index (χ4n) is 2.61. The summed E-state index contributed by atoms with van der Waals surface area (Å²) in [5, 5.41) is 0. The highest BCUT2D eigenvalue weighted by Crippen LogP contribution is 2.25. The fraction of sp³-hybridized carbons (Fsp3) is 0.500. The average molecular weight is 257 g/mol. The van der Waals surface area contributed by atoms with Crippen molar-refractivity contribution in [1.82, 2.24) is 19.5 Å². The Kier molecular flexibility index (Phi) is 2.97. The van der Waals surface area contributed by atoms with E-state index in [0.717, 1.165) is 36.5 Å². The molecule has 0 unspecified atom stereocenters. The molecule has 0 aromatic carbocycles. The van der Waals surface area contributed by atoms with Gasteiger partial charge in [-0.15, -0.1) is 0 Å². The summed E-state index contributed by atoms with van der Waals surface area (Å²) in [5.41, 5.74) is 9.42. The third-order valence-corrected chi connectivity index (χ3v) is 3.78. The molecule has 0 aliphatic heterocycles. The number of nitrogen functional groups attached to an aromatic ring is 1. The van der Waals surface area contributed by atoms with Gasteiger partial charge in [0.25, 0.3) is 0 Å². The summed E-state index contributed by atoms with van der Waals surface area (Å²) in [6.45, 7) is 4.01. The number of aryl methyl sites for hydroxylation is 2. The zero-order valence-corrected chi connectivity index (χ0v) is 11.5. The lowest BCUT2D eigenvalue weighted by Crippen LogP contribution is -2.12. The highest BCUT2D eigenvalue weighted by Gasteiger charge is 2.19. The Hall–Kier alpha value is -1.91. The number of aromatic nitrogens is 4. The number of nitrogens with two attached hydrogens (primary N) is 1. The van der Waals surface area contributed by atoms with Gasteiger partial charge in [-0.2, -0.15) is 0 Å². The molecule has 3 rings (SSSR count). The Morgan fingerprint density at radius 1 is 1.26 bits per heavy atom. The van der Waals surface area contributed by atoms with Crippen LogP contribution in [0.2, 0.25) is 0 Å². The van der Waals surface area contributed by atoms with Crippen molar-refractivity contribution in [2.75, 3.05) is 5.73 Å². The molecule has 1 aliphatic rings. The molecule has 2 N–H and O–H groups in total. The summed E-state index contributed by atoms with van der Waals surface area (Å²) < 4.78 is 2.10. The maximum atomic E-state index is 5.99. The van der Waals surface area contributed by atoms with E-state index >= 15 is 0 Å². The topological polar surface area (TPSA) is 69.6 Å². The van der Waals surface area contributed by atoms with Gasteiger partial charge in [0.1, 0.15) is 23.8 Å². The molecular formula is C14H19N5. The quantitative estimate of drug-likeness (QED) is 0.893. The fourth-order valence-corrected chi connectivity index (χ4v) is 2.61. The van der Waals surface area contributed by atoms with Gasteiger partial charge in [0.2, 0.25) is 0 Å². The number of anilines is 1. The van der Waals surface area contributed by atoms with Crippen molar-refractivity contribution in [3.63, 3.8) is 0 Å². The monoisotopic (exact) mass is 257 g/mol. The predicted octanol–water partition coefficient (Wildman–Crippen LogP) is 1.99. The van der Waals surface area contributed by atoms with Crippen LogP contribution in [0.25, 0.3) is 5.82 Å². The van der Waals surface area contributed by atoms with E-state index in [4.69, 9.17) is 5.73 Å². The summed E-state index contributed by atoms with van der Waals surface area (Å²) in [7, 11) is 0. The van der Waals surface area contributed by atoms with Crippen molar-refractivity contribution in [1.29, 1.82) is 0 Å². The molecule has 2 heterocycles. The van der Waals surface area contributed by atoms with E-state index in [1.165, 1.54) is 24.2 Å². The van der Waals surface area contributed by atoms with Crippen LogP contribution in [-0.2, 0) is 19.3 Å². The Balaban J connectivity index is 2.16. The molecule has 5 nitrogen and oxygen atoms in total. The summed E-state index contributed by atoms with van der Waals surface area (Å²) in [6.07, 6.45) is 7.26. The van der Waals surface area contributed by atoms with Gasteiger partial charge in [0.15, 0.2) is 0 Å². The van der Waals surface area contributed by atoms with Gasteiger partial charge in [-0.3, -0.25) is 4.57 Å². The summed E-state index contributed by atoms with van der Waals surface area (Å²) >= 11 is 0. The van der Waals surface area contributed by atoms with Gasteiger partial charge < -0.3 is 5.73 Å². The van der Waals surface area contributed by atoms with E-state index in [1.54, 1.807) is 0 Å². The smallest absolute Gasteiger partial charge is 0.146 e. The predicted molar refractivity (Wildman–Crippen MR) is 74.3 cm³/mol. The van der Waals surface area contributed by atoms with Crippen LogP contribution < -0.4 is 5.73 Å². The third-order valence-electron chi connectivity index (χ3n) is 3.78. The number of nitrogens with zero attached hydrogens (tertiary/aromatic N) is 4. The molecule has 2 aromatic heterocycles. The van der Waals surface area contributed by atoms with Gasteiger partial charge in [0, 0.05) is 17.7 Å². The van der Waals surface area contributed by atoms with E-state index < -0.39 is 0 Å². The van der Waals surface area contributed by atoms with Crippen LogP contribution in [0.4, 0.5) is 5.82 Å². The van der Waals surface area contributed by atoms with Gasteiger partial charge in [0.05, 0.1) is 5.69 Å². The minimum atomic E-state index is 0.570. The number of fused-ring (bicyclic) bond motifs is 1. The molecule has 0 saturated carbocycles. The largest absolute Gasteiger partial charge is 0.383 e. The van der Waals surface area contributed by atoms with Crippen molar-refractivity contribution in [3.05, 3.63) is 29.1 Å². The number of rotatable bonds is 2. The minimum Gasteiger partial charge on any atom is -0.383 e. The Morgan fingerprint density at radius 3 is 2.84 bits per heavy atom. The molecule has 0 fully saturated rings. The van der Waals surface area contributed by atoms with Crippen molar-refractivity contribution >= 4 is 5.82 Å². The maximum Gasteiger partial charge on any atom is 0.146 e. The lowest BCUT2D eigenvalue weighted by atomic mass is 10.0. The molecule has 5 heteroatoms. The lowest BCUT2D eigenvalue weighted by Gasteiger charge is -2.16. The highest BCUT2D eigenvalue weighted by atomic mass is 15.1. The van der Waals surface area contributed by atoms with Crippen LogP contribution in [0, 0.1) is 6.92 Å². The molecule has 0 atom stereocenters. The van der Waals surface area contributed by atoms with Crippen molar-refractivity contribution < 1.29 is 0 Å². The molecule has 100 valence electrons. The van der Waals surface area contributed by atoms with Crippen LogP contribution in [-0.4, -0.2) is 19.5 Å². The first-order valence-electron chi connectivity index (χ1n) is 6.89. The van der Waals surface area contributed by atoms with Crippen LogP contribution >= 0.6 is 0 Å². The number of hydrogen-bond donors (Lipinski definition) is 1. The van der Waals surface area contributed by atoms with E-state index in [9.17, 15) is 0 Å². The Morgan fingerprint density at radius 2 is 2.05 bits per heavy atom. The Labute approximate surface area is 112 Å². The standard InChI is InChI=1S/C14H19N5/c1-3-12-17-13(15)9(2)14(18-12)19-8-16-10-6-4-5-7-11(10)19/h8H,3-7H2,1-2H3,(H2,15,17,18). The van der Waals surface area contributed by atoms with Crippen LogP contribution in [0.3, 0.4) is 0 Å². The average Bonchev–Trinajstić information content (AvgIpc) is 2.85. The van der Waals surface area contributed by atoms with E-state index in [-0.39, 0.29) is 0 Å². The number of hydrogen-bond acceptors (Lipinski definition) is 4. The van der Waals surface area contributed by atoms with Crippen molar-refractivity contribution in [2.45, 2.75) is 46.0 Å². The van der Waals surface area contributed by atoms with Crippen molar-refractivity contribution in [3.8, 4) is 5.82 Å². The van der Waals surface area contributed by atoms with E-state index in [2.05, 4.69) is 19.5 Å². The summed E-state index contributed by atoms with van der Waals surface area (Å²) in [4.78, 5) is 13.5. The van der Waals surface area contributed by atoms with E-state index in [1.807, 2.05) is 20.2 Å². The molecule has 0 spiro atoms. The normalized spacial score (nSPS) is 14.4. The molecule has 0 amide bonds. The van der Waals surface area contributed by atoms with Gasteiger partial charge in [-0.05, 0) is 32.6 Å². The minimum absolute atomic E-state index is 0.570. The summed E-state index contributed by atoms with van der Waals surface area (Å²) in [5.74, 6) is 2.25. The molecular weight excluding hydrogens is 238 g/mol. The first-order chi connectivity index (χ1) is 9.20. The zero-order valence-electron chi connectivity index (χ0n) is 11.5. The van der Waals surface area contributed by atoms with Crippen LogP contribution in [0.15, 0.2) is 6.33 Å². The Bertz CT molecular complexity index is 615. The molecule has 0 saturated heterocycles. The van der Waals surface area contributed by atoms with Gasteiger partial charge >= 0.3 is 0 Å². The van der Waals surface area contributed by atoms with Crippen molar-refractivity contribution in [2.24, 2.45) is 0 Å². The molecule has 0 radical (unpaired) electrons. The van der Waals surface area contributed by atoms with Crippen LogP contribution in [0.1, 0.15) is 42.5 Å². The van der Waals surface area contributed by atoms with Gasteiger partial charge in [-0.1, -0.05) is 6.92 Å². The molecule has 1 aliphatic carbocycles. The van der Waals surface area contributed by atoms with Crippen LogP contribution in [0.5, 0.6) is 0 Å². The third kappa shape index (κ3) is 1.99. The molecule has 0 bridgehead atoms. The first kappa shape index (κ1) is 12.1. The highest BCUT2D eigenvalue weighted by molar-refractivity contribution is 5.49.